The van der Waals surface area contributed by atoms with Gasteiger partial charge in [-0.15, -0.1) is 0 Å². The summed E-state index contributed by atoms with van der Waals surface area (Å²) >= 11 is 0. The molecule has 2 heterocycles. The quantitative estimate of drug-likeness (QED) is 0.901. The van der Waals surface area contributed by atoms with Gasteiger partial charge in [-0.1, -0.05) is 12.1 Å². The van der Waals surface area contributed by atoms with Crippen LogP contribution in [0.25, 0.3) is 5.69 Å². The van der Waals surface area contributed by atoms with Crippen LogP contribution in [0.1, 0.15) is 12.1 Å². The zero-order valence-electron chi connectivity index (χ0n) is 12.9. The first-order valence-corrected chi connectivity index (χ1v) is 7.44. The van der Waals surface area contributed by atoms with Gasteiger partial charge in [0.1, 0.15) is 17.6 Å². The second-order valence-electron chi connectivity index (χ2n) is 5.59. The number of nitrogens with two attached hydrogens (primary N) is 1. The average molecular weight is 318 g/mol. The SMILES string of the molecule is COc1ccccc1-n1nccc1CN1C[C@H](F)C[C@H]1C(N)=O. The summed E-state index contributed by atoms with van der Waals surface area (Å²) in [6.45, 7) is 0.594. The highest BCUT2D eigenvalue weighted by Crippen LogP contribution is 2.26. The topological polar surface area (TPSA) is 73.4 Å². The minimum absolute atomic E-state index is 0.151. The van der Waals surface area contributed by atoms with E-state index in [4.69, 9.17) is 10.5 Å². The second kappa shape index (κ2) is 6.37. The Balaban J connectivity index is 1.88. The number of para-hydroxylation sites is 2. The van der Waals surface area contributed by atoms with Gasteiger partial charge in [0, 0.05) is 25.7 Å². The second-order valence-corrected chi connectivity index (χ2v) is 5.59. The molecule has 0 unspecified atom stereocenters. The van der Waals surface area contributed by atoms with Crippen LogP contribution in [-0.4, -0.2) is 46.5 Å². The number of carbonyl (C=O) groups is 1. The van der Waals surface area contributed by atoms with Crippen molar-refractivity contribution in [2.24, 2.45) is 5.73 Å². The van der Waals surface area contributed by atoms with Crippen LogP contribution in [0.15, 0.2) is 36.5 Å². The third-order valence-electron chi connectivity index (χ3n) is 4.08. The first-order valence-electron chi connectivity index (χ1n) is 7.44. The lowest BCUT2D eigenvalue weighted by Gasteiger charge is -2.22. The number of halogens is 1. The number of benzene rings is 1. The van der Waals surface area contributed by atoms with E-state index in [0.717, 1.165) is 11.4 Å². The lowest BCUT2D eigenvalue weighted by Crippen LogP contribution is -2.40. The normalized spacial score (nSPS) is 21.5. The number of hydrogen-bond donors (Lipinski definition) is 1. The number of hydrogen-bond acceptors (Lipinski definition) is 4. The Morgan fingerprint density at radius 3 is 2.96 bits per heavy atom. The van der Waals surface area contributed by atoms with Gasteiger partial charge in [-0.25, -0.2) is 9.07 Å². The molecule has 0 spiro atoms. The van der Waals surface area contributed by atoms with E-state index in [0.29, 0.717) is 12.3 Å². The maximum atomic E-state index is 13.7. The van der Waals surface area contributed by atoms with E-state index in [1.807, 2.05) is 30.3 Å². The van der Waals surface area contributed by atoms with E-state index >= 15 is 0 Å². The van der Waals surface area contributed by atoms with Crippen LogP contribution in [0.2, 0.25) is 0 Å². The molecule has 3 rings (SSSR count). The van der Waals surface area contributed by atoms with E-state index in [1.54, 1.807) is 22.9 Å². The number of rotatable bonds is 5. The zero-order chi connectivity index (χ0) is 16.4. The van der Waals surface area contributed by atoms with E-state index in [-0.39, 0.29) is 13.0 Å². The van der Waals surface area contributed by atoms with E-state index in [2.05, 4.69) is 5.10 Å². The molecule has 0 bridgehead atoms. The molecule has 0 radical (unpaired) electrons. The summed E-state index contributed by atoms with van der Waals surface area (Å²) in [5.41, 5.74) is 7.02. The number of likely N-dealkylation sites (tertiary alicyclic amines) is 1. The smallest absolute Gasteiger partial charge is 0.234 e. The Hall–Kier alpha value is -2.41. The fourth-order valence-corrected chi connectivity index (χ4v) is 3.00. The number of ether oxygens (including phenoxy) is 1. The molecule has 1 fully saturated rings. The lowest BCUT2D eigenvalue weighted by molar-refractivity contribution is -0.122. The van der Waals surface area contributed by atoms with Crippen molar-refractivity contribution < 1.29 is 13.9 Å². The van der Waals surface area contributed by atoms with Crippen LogP contribution in [-0.2, 0) is 11.3 Å². The Morgan fingerprint density at radius 2 is 2.22 bits per heavy atom. The maximum Gasteiger partial charge on any atom is 0.234 e. The van der Waals surface area contributed by atoms with Gasteiger partial charge in [0.25, 0.3) is 0 Å². The highest BCUT2D eigenvalue weighted by atomic mass is 19.1. The molecule has 2 N–H and O–H groups in total. The molecule has 2 atom stereocenters. The summed E-state index contributed by atoms with van der Waals surface area (Å²) in [7, 11) is 1.60. The highest BCUT2D eigenvalue weighted by molar-refractivity contribution is 5.80. The number of alkyl halides is 1. The third kappa shape index (κ3) is 3.05. The van der Waals surface area contributed by atoms with Crippen molar-refractivity contribution in [1.29, 1.82) is 0 Å². The van der Waals surface area contributed by atoms with Crippen molar-refractivity contribution in [3.05, 3.63) is 42.2 Å². The van der Waals surface area contributed by atoms with Crippen molar-refractivity contribution in [3.8, 4) is 11.4 Å². The fraction of sp³-hybridized carbons (Fsp3) is 0.375. The maximum absolute atomic E-state index is 13.7. The number of carbonyl (C=O) groups excluding carboxylic acids is 1. The van der Waals surface area contributed by atoms with Crippen molar-refractivity contribution in [2.45, 2.75) is 25.2 Å². The summed E-state index contributed by atoms with van der Waals surface area (Å²) < 4.78 is 20.8. The van der Waals surface area contributed by atoms with Gasteiger partial charge in [0.2, 0.25) is 5.91 Å². The summed E-state index contributed by atoms with van der Waals surface area (Å²) in [6, 6.07) is 8.77. The molecular weight excluding hydrogens is 299 g/mol. The number of nitrogens with zero attached hydrogens (tertiary/aromatic N) is 3. The molecule has 1 aliphatic rings. The zero-order valence-corrected chi connectivity index (χ0v) is 12.9. The Labute approximate surface area is 133 Å². The van der Waals surface area contributed by atoms with Gasteiger partial charge >= 0.3 is 0 Å². The summed E-state index contributed by atoms with van der Waals surface area (Å²) in [5.74, 6) is 0.196. The molecule has 1 aromatic carbocycles. The fourth-order valence-electron chi connectivity index (χ4n) is 3.00. The standard InChI is InChI=1S/C16H19FN4O2/c1-23-15-5-3-2-4-13(15)21-12(6-7-19-21)10-20-9-11(17)8-14(20)16(18)22/h2-7,11,14H,8-10H2,1H3,(H2,18,22)/t11-,14+/m1/s1. The van der Waals surface area contributed by atoms with Crippen molar-refractivity contribution in [3.63, 3.8) is 0 Å². The van der Waals surface area contributed by atoms with Crippen LogP contribution in [0.3, 0.4) is 0 Å². The Kier molecular flexibility index (Phi) is 4.29. The van der Waals surface area contributed by atoms with Crippen molar-refractivity contribution in [2.75, 3.05) is 13.7 Å². The molecule has 1 aliphatic heterocycles. The van der Waals surface area contributed by atoms with Crippen LogP contribution < -0.4 is 10.5 Å². The lowest BCUT2D eigenvalue weighted by atomic mass is 10.2. The number of methoxy groups -OCH3 is 1. The van der Waals surface area contributed by atoms with Crippen LogP contribution in [0.4, 0.5) is 4.39 Å². The van der Waals surface area contributed by atoms with Crippen LogP contribution >= 0.6 is 0 Å². The summed E-state index contributed by atoms with van der Waals surface area (Å²) in [4.78, 5) is 13.3. The first kappa shape index (κ1) is 15.5. The van der Waals surface area contributed by atoms with Gasteiger partial charge in [0.15, 0.2) is 0 Å². The predicted molar refractivity (Wildman–Crippen MR) is 83.0 cm³/mol. The number of aromatic nitrogens is 2. The summed E-state index contributed by atoms with van der Waals surface area (Å²) in [5, 5.41) is 4.33. The van der Waals surface area contributed by atoms with Crippen LogP contribution in [0, 0.1) is 0 Å². The minimum atomic E-state index is -1.03. The molecular formula is C16H19FN4O2. The van der Waals surface area contributed by atoms with Gasteiger partial charge in [-0.3, -0.25) is 9.69 Å². The number of primary amides is 1. The molecule has 0 aliphatic carbocycles. The van der Waals surface area contributed by atoms with E-state index in [1.165, 1.54) is 0 Å². The molecule has 1 amide bonds. The minimum Gasteiger partial charge on any atom is -0.494 e. The largest absolute Gasteiger partial charge is 0.494 e. The molecule has 0 saturated carbocycles. The molecule has 6 nitrogen and oxygen atoms in total. The first-order chi connectivity index (χ1) is 11.1. The molecule has 23 heavy (non-hydrogen) atoms. The molecule has 1 saturated heterocycles. The van der Waals surface area contributed by atoms with Gasteiger partial charge in [-0.2, -0.15) is 5.10 Å². The molecule has 2 aromatic rings. The van der Waals surface area contributed by atoms with Crippen LogP contribution in [0.5, 0.6) is 5.75 Å². The van der Waals surface area contributed by atoms with E-state index < -0.39 is 18.1 Å². The molecule has 122 valence electrons. The molecule has 1 aromatic heterocycles. The van der Waals surface area contributed by atoms with Gasteiger partial charge in [0.05, 0.1) is 18.8 Å². The van der Waals surface area contributed by atoms with E-state index in [9.17, 15) is 9.18 Å². The average Bonchev–Trinajstić information content (AvgIpc) is 3.14. The Morgan fingerprint density at radius 1 is 1.43 bits per heavy atom. The third-order valence-corrected chi connectivity index (χ3v) is 4.08. The summed E-state index contributed by atoms with van der Waals surface area (Å²) in [6.07, 6.45) is 0.789. The van der Waals surface area contributed by atoms with Crippen molar-refractivity contribution in [1.82, 2.24) is 14.7 Å². The molecule has 7 heteroatoms. The number of amides is 1. The Bertz CT molecular complexity index is 703. The highest BCUT2D eigenvalue weighted by Gasteiger charge is 2.36. The van der Waals surface area contributed by atoms with Gasteiger partial charge < -0.3 is 10.5 Å². The predicted octanol–water partition coefficient (Wildman–Crippen LogP) is 1.28. The van der Waals surface area contributed by atoms with Gasteiger partial charge in [-0.05, 0) is 18.2 Å². The van der Waals surface area contributed by atoms with Crippen molar-refractivity contribution >= 4 is 5.91 Å². The monoisotopic (exact) mass is 318 g/mol.